The number of fused-ring (bicyclic) bond motifs is 1. The molecule has 0 N–H and O–H groups in total. The predicted molar refractivity (Wildman–Crippen MR) is 72.2 cm³/mol. The molecule has 2 rings (SSSR count). The minimum Gasteiger partial charge on any atom is -0.346 e. The minimum atomic E-state index is 0.231. The highest BCUT2D eigenvalue weighted by atomic mass is 32.1. The van der Waals surface area contributed by atoms with Crippen molar-refractivity contribution in [3.63, 3.8) is 0 Å². The molecule has 0 spiro atoms. The number of thiazole rings is 1. The highest BCUT2D eigenvalue weighted by molar-refractivity contribution is 7.16. The summed E-state index contributed by atoms with van der Waals surface area (Å²) in [6.45, 7) is 7.54. The quantitative estimate of drug-likeness (QED) is 0.824. The molecule has 1 aromatic heterocycles. The van der Waals surface area contributed by atoms with Crippen LogP contribution in [-0.2, 0) is 6.42 Å². The summed E-state index contributed by atoms with van der Waals surface area (Å²) < 4.78 is 0. The van der Waals surface area contributed by atoms with Gasteiger partial charge in [-0.25, -0.2) is 4.98 Å². The molecule has 0 bridgehead atoms. The van der Waals surface area contributed by atoms with E-state index in [2.05, 4.69) is 30.7 Å². The molecule has 0 atom stereocenters. The number of carbonyl (C=O) groups excluding carboxylic acids is 1. The summed E-state index contributed by atoms with van der Waals surface area (Å²) in [6.07, 6.45) is 3.79. The Morgan fingerprint density at radius 2 is 2.18 bits per heavy atom. The maximum atomic E-state index is 11.8. The number of anilines is 1. The first kappa shape index (κ1) is 12.6. The Kier molecular flexibility index (Phi) is 3.82. The monoisotopic (exact) mass is 252 g/mol. The molecule has 17 heavy (non-hydrogen) atoms. The predicted octanol–water partition coefficient (Wildman–Crippen LogP) is 3.29. The zero-order chi connectivity index (χ0) is 12.4. The summed E-state index contributed by atoms with van der Waals surface area (Å²) in [5.74, 6) is 0.231. The van der Waals surface area contributed by atoms with Crippen LogP contribution < -0.4 is 4.90 Å². The lowest BCUT2D eigenvalue weighted by atomic mass is 10.0. The summed E-state index contributed by atoms with van der Waals surface area (Å²) in [6, 6.07) is 0.442. The smallest absolute Gasteiger partial charge is 0.186 e. The molecule has 0 aliphatic heterocycles. The molecule has 1 heterocycles. The van der Waals surface area contributed by atoms with Crippen LogP contribution in [0.4, 0.5) is 5.13 Å². The first-order valence-corrected chi connectivity index (χ1v) is 7.24. The van der Waals surface area contributed by atoms with Crippen LogP contribution in [0.15, 0.2) is 0 Å². The van der Waals surface area contributed by atoms with Gasteiger partial charge < -0.3 is 4.90 Å². The zero-order valence-corrected chi connectivity index (χ0v) is 11.6. The molecule has 0 radical (unpaired) electrons. The Labute approximate surface area is 107 Å². The maximum absolute atomic E-state index is 11.8. The van der Waals surface area contributed by atoms with Gasteiger partial charge in [0.15, 0.2) is 10.9 Å². The van der Waals surface area contributed by atoms with Crippen molar-refractivity contribution in [2.24, 2.45) is 0 Å². The van der Waals surface area contributed by atoms with Gasteiger partial charge in [0.1, 0.15) is 5.69 Å². The molecule has 1 aliphatic rings. The van der Waals surface area contributed by atoms with Gasteiger partial charge in [0.25, 0.3) is 0 Å². The van der Waals surface area contributed by atoms with E-state index in [9.17, 15) is 4.79 Å². The largest absolute Gasteiger partial charge is 0.346 e. The normalized spacial score (nSPS) is 15.2. The molecule has 1 aromatic rings. The van der Waals surface area contributed by atoms with Crippen LogP contribution in [0.1, 0.15) is 55.4 Å². The second-order valence-corrected chi connectivity index (χ2v) is 5.89. The molecule has 1 aliphatic carbocycles. The van der Waals surface area contributed by atoms with Crippen molar-refractivity contribution in [2.45, 2.75) is 52.5 Å². The van der Waals surface area contributed by atoms with Gasteiger partial charge in [0.05, 0.1) is 0 Å². The average Bonchev–Trinajstić information content (AvgIpc) is 2.70. The Hall–Kier alpha value is -0.900. The Morgan fingerprint density at radius 3 is 2.76 bits per heavy atom. The van der Waals surface area contributed by atoms with Gasteiger partial charge >= 0.3 is 0 Å². The zero-order valence-electron chi connectivity index (χ0n) is 10.8. The van der Waals surface area contributed by atoms with E-state index in [1.165, 1.54) is 4.88 Å². The second kappa shape index (κ2) is 5.17. The summed E-state index contributed by atoms with van der Waals surface area (Å²) >= 11 is 1.71. The van der Waals surface area contributed by atoms with Gasteiger partial charge in [-0.2, -0.15) is 0 Å². The number of hydrogen-bond donors (Lipinski definition) is 0. The highest BCUT2D eigenvalue weighted by Crippen LogP contribution is 2.32. The van der Waals surface area contributed by atoms with E-state index in [4.69, 9.17) is 0 Å². The third-order valence-corrected chi connectivity index (χ3v) is 4.24. The van der Waals surface area contributed by atoms with Gasteiger partial charge in [-0.15, -0.1) is 11.3 Å². The van der Waals surface area contributed by atoms with E-state index in [1.54, 1.807) is 11.3 Å². The van der Waals surface area contributed by atoms with E-state index in [0.717, 1.165) is 36.6 Å². The van der Waals surface area contributed by atoms with Crippen molar-refractivity contribution >= 4 is 22.3 Å². The van der Waals surface area contributed by atoms with Crippen LogP contribution >= 0.6 is 11.3 Å². The maximum Gasteiger partial charge on any atom is 0.186 e. The fourth-order valence-corrected chi connectivity index (χ4v) is 3.47. The van der Waals surface area contributed by atoms with Crippen LogP contribution in [0, 0.1) is 0 Å². The average molecular weight is 252 g/mol. The van der Waals surface area contributed by atoms with Gasteiger partial charge in [-0.05, 0) is 33.1 Å². The number of nitrogens with zero attached hydrogens (tertiary/aromatic N) is 2. The molecule has 94 valence electrons. The molecule has 0 saturated heterocycles. The fourth-order valence-electron chi connectivity index (χ4n) is 2.19. The molecule has 3 nitrogen and oxygen atoms in total. The van der Waals surface area contributed by atoms with Crippen LogP contribution in [0.5, 0.6) is 0 Å². The van der Waals surface area contributed by atoms with Crippen molar-refractivity contribution in [3.05, 3.63) is 10.6 Å². The van der Waals surface area contributed by atoms with Crippen molar-refractivity contribution < 1.29 is 4.79 Å². The Balaban J connectivity index is 2.29. The molecular formula is C13H20N2OS. The molecule has 0 saturated carbocycles. The summed E-state index contributed by atoms with van der Waals surface area (Å²) in [4.78, 5) is 19.8. The first-order valence-electron chi connectivity index (χ1n) is 6.43. The van der Waals surface area contributed by atoms with Gasteiger partial charge in [0.2, 0.25) is 0 Å². The molecule has 4 heteroatoms. The number of aryl methyl sites for hydroxylation is 1. The van der Waals surface area contributed by atoms with E-state index in [1.807, 2.05) is 0 Å². The lowest BCUT2D eigenvalue weighted by molar-refractivity contribution is 0.0968. The van der Waals surface area contributed by atoms with Crippen molar-refractivity contribution in [1.29, 1.82) is 0 Å². The van der Waals surface area contributed by atoms with Crippen molar-refractivity contribution in [1.82, 2.24) is 4.98 Å². The first-order chi connectivity index (χ1) is 8.13. The topological polar surface area (TPSA) is 33.2 Å². The molecule has 0 aromatic carbocycles. The van der Waals surface area contributed by atoms with Crippen molar-refractivity contribution in [3.8, 4) is 0 Å². The lowest BCUT2D eigenvalue weighted by Crippen LogP contribution is -2.31. The summed E-state index contributed by atoms with van der Waals surface area (Å²) in [5.41, 5.74) is 0.748. The number of hydrogen-bond acceptors (Lipinski definition) is 4. The standard InChI is InChI=1S/C13H20N2OS/c1-4-8-15(9(2)3)13-14-12-10(16)6-5-7-11(12)17-13/h9H,4-8H2,1-3H3. The van der Waals surface area contributed by atoms with E-state index >= 15 is 0 Å². The molecular weight excluding hydrogens is 232 g/mol. The second-order valence-electron chi connectivity index (χ2n) is 4.83. The van der Waals surface area contributed by atoms with Crippen LogP contribution in [0.25, 0.3) is 0 Å². The SMILES string of the molecule is CCCN(c1nc2c(s1)CCCC2=O)C(C)C. The lowest BCUT2D eigenvalue weighted by Gasteiger charge is -2.25. The van der Waals surface area contributed by atoms with E-state index < -0.39 is 0 Å². The van der Waals surface area contributed by atoms with Gasteiger partial charge in [-0.1, -0.05) is 6.92 Å². The fraction of sp³-hybridized carbons (Fsp3) is 0.692. The number of aromatic nitrogens is 1. The van der Waals surface area contributed by atoms with E-state index in [0.29, 0.717) is 12.5 Å². The minimum absolute atomic E-state index is 0.231. The number of rotatable bonds is 4. The van der Waals surface area contributed by atoms with Gasteiger partial charge in [-0.3, -0.25) is 4.79 Å². The van der Waals surface area contributed by atoms with Crippen LogP contribution in [0.3, 0.4) is 0 Å². The van der Waals surface area contributed by atoms with Crippen LogP contribution in [-0.4, -0.2) is 23.4 Å². The number of ketones is 1. The number of Topliss-reactive ketones (excluding diaryl/α,β-unsaturated/α-hetero) is 1. The Bertz CT molecular complexity index is 412. The summed E-state index contributed by atoms with van der Waals surface area (Å²) in [5, 5.41) is 1.03. The van der Waals surface area contributed by atoms with E-state index in [-0.39, 0.29) is 5.78 Å². The van der Waals surface area contributed by atoms with Gasteiger partial charge in [0, 0.05) is 23.9 Å². The summed E-state index contributed by atoms with van der Waals surface area (Å²) in [7, 11) is 0. The molecule has 0 amide bonds. The molecule has 0 unspecified atom stereocenters. The van der Waals surface area contributed by atoms with Crippen molar-refractivity contribution in [2.75, 3.05) is 11.4 Å². The third-order valence-electron chi connectivity index (χ3n) is 3.09. The molecule has 0 fully saturated rings. The van der Waals surface area contributed by atoms with Crippen LogP contribution in [0.2, 0.25) is 0 Å². The highest BCUT2D eigenvalue weighted by Gasteiger charge is 2.24. The Morgan fingerprint density at radius 1 is 1.41 bits per heavy atom. The number of carbonyl (C=O) groups is 1. The third kappa shape index (κ3) is 2.51.